The summed E-state index contributed by atoms with van der Waals surface area (Å²) >= 11 is 0. The maximum absolute atomic E-state index is 12.1. The second kappa shape index (κ2) is 8.02. The van der Waals surface area contributed by atoms with Crippen LogP contribution >= 0.6 is 0 Å². The van der Waals surface area contributed by atoms with Gasteiger partial charge in [-0.1, -0.05) is 26.7 Å². The molecule has 0 radical (unpaired) electrons. The van der Waals surface area contributed by atoms with Crippen LogP contribution in [0.5, 0.6) is 0 Å². The highest BCUT2D eigenvalue weighted by atomic mass is 16.5. The summed E-state index contributed by atoms with van der Waals surface area (Å²) in [6.45, 7) is 7.16. The molecule has 0 unspecified atom stereocenters. The first-order valence-corrected chi connectivity index (χ1v) is 8.57. The van der Waals surface area contributed by atoms with Crippen LogP contribution in [0.15, 0.2) is 0 Å². The lowest BCUT2D eigenvalue weighted by atomic mass is 9.81. The summed E-state index contributed by atoms with van der Waals surface area (Å²) in [5.41, 5.74) is 0. The molecule has 0 amide bonds. The first-order valence-electron chi connectivity index (χ1n) is 8.57. The van der Waals surface area contributed by atoms with Gasteiger partial charge in [-0.15, -0.1) is 0 Å². The van der Waals surface area contributed by atoms with Crippen LogP contribution in [0.3, 0.4) is 0 Å². The summed E-state index contributed by atoms with van der Waals surface area (Å²) in [6.07, 6.45) is 9.98. The fraction of sp³-hybridized carbons (Fsp3) is 0.941. The Bertz CT molecular complexity index is 297. The molecule has 1 saturated heterocycles. The van der Waals surface area contributed by atoms with Crippen molar-refractivity contribution >= 4 is 5.97 Å². The quantitative estimate of drug-likeness (QED) is 0.721. The van der Waals surface area contributed by atoms with Gasteiger partial charge in [0, 0.05) is 0 Å². The topological polar surface area (TPSA) is 29.5 Å². The van der Waals surface area contributed by atoms with Crippen molar-refractivity contribution < 1.29 is 9.53 Å². The van der Waals surface area contributed by atoms with E-state index in [2.05, 4.69) is 18.7 Å². The normalized spacial score (nSPS) is 28.6. The van der Waals surface area contributed by atoms with Crippen LogP contribution in [0.1, 0.15) is 65.2 Å². The highest BCUT2D eigenvalue weighted by molar-refractivity contribution is 5.71. The Morgan fingerprint density at radius 1 is 1.10 bits per heavy atom. The van der Waals surface area contributed by atoms with E-state index in [0.29, 0.717) is 18.4 Å². The SMILES string of the molecule is CC(C)C[C@H]1CCCC[C@H]1OC(=O)CN1CCCCC1. The first kappa shape index (κ1) is 15.8. The van der Waals surface area contributed by atoms with Crippen molar-refractivity contribution in [3.63, 3.8) is 0 Å². The Labute approximate surface area is 124 Å². The minimum absolute atomic E-state index is 0.00700. The van der Waals surface area contributed by atoms with Crippen molar-refractivity contribution in [2.45, 2.75) is 71.3 Å². The smallest absolute Gasteiger partial charge is 0.320 e. The summed E-state index contributed by atoms with van der Waals surface area (Å²) in [6, 6.07) is 0. The maximum atomic E-state index is 12.1. The van der Waals surface area contributed by atoms with Crippen molar-refractivity contribution in [3.05, 3.63) is 0 Å². The van der Waals surface area contributed by atoms with Crippen LogP contribution < -0.4 is 0 Å². The van der Waals surface area contributed by atoms with Gasteiger partial charge in [-0.3, -0.25) is 9.69 Å². The molecular formula is C17H31NO2. The molecular weight excluding hydrogens is 250 g/mol. The van der Waals surface area contributed by atoms with Gasteiger partial charge in [-0.05, 0) is 63.5 Å². The molecule has 1 saturated carbocycles. The molecule has 0 aromatic carbocycles. The number of hydrogen-bond acceptors (Lipinski definition) is 3. The summed E-state index contributed by atoms with van der Waals surface area (Å²) in [7, 11) is 0. The number of carbonyl (C=O) groups is 1. The Morgan fingerprint density at radius 3 is 2.50 bits per heavy atom. The van der Waals surface area contributed by atoms with Crippen LogP contribution in [0.25, 0.3) is 0 Å². The molecule has 3 nitrogen and oxygen atoms in total. The van der Waals surface area contributed by atoms with Crippen LogP contribution in [0.4, 0.5) is 0 Å². The van der Waals surface area contributed by atoms with Gasteiger partial charge in [0.05, 0.1) is 6.54 Å². The average Bonchev–Trinajstić information content (AvgIpc) is 2.41. The molecule has 0 N–H and O–H groups in total. The monoisotopic (exact) mass is 281 g/mol. The minimum atomic E-state index is 0.00700. The molecule has 2 aliphatic rings. The third-order valence-electron chi connectivity index (χ3n) is 4.70. The largest absolute Gasteiger partial charge is 0.461 e. The number of piperidine rings is 1. The number of nitrogens with zero attached hydrogens (tertiary/aromatic N) is 1. The second-order valence-electron chi connectivity index (χ2n) is 7.04. The molecule has 2 fully saturated rings. The van der Waals surface area contributed by atoms with Crippen LogP contribution in [-0.2, 0) is 9.53 Å². The molecule has 0 aromatic rings. The molecule has 116 valence electrons. The third kappa shape index (κ3) is 5.08. The number of hydrogen-bond donors (Lipinski definition) is 0. The van der Waals surface area contributed by atoms with Gasteiger partial charge in [0.1, 0.15) is 6.10 Å². The number of esters is 1. The van der Waals surface area contributed by atoms with Gasteiger partial charge in [0.15, 0.2) is 0 Å². The summed E-state index contributed by atoms with van der Waals surface area (Å²) in [4.78, 5) is 14.4. The predicted octanol–water partition coefficient (Wildman–Crippen LogP) is 3.62. The van der Waals surface area contributed by atoms with Crippen molar-refractivity contribution in [1.29, 1.82) is 0 Å². The lowest BCUT2D eigenvalue weighted by Crippen LogP contribution is -2.38. The fourth-order valence-corrected chi connectivity index (χ4v) is 3.71. The van der Waals surface area contributed by atoms with E-state index in [1.54, 1.807) is 0 Å². The van der Waals surface area contributed by atoms with E-state index in [0.717, 1.165) is 19.5 Å². The minimum Gasteiger partial charge on any atom is -0.461 e. The molecule has 1 aliphatic heterocycles. The van der Waals surface area contributed by atoms with Gasteiger partial charge in [-0.25, -0.2) is 0 Å². The zero-order valence-corrected chi connectivity index (χ0v) is 13.3. The maximum Gasteiger partial charge on any atom is 0.320 e. The van der Waals surface area contributed by atoms with Gasteiger partial charge in [-0.2, -0.15) is 0 Å². The van der Waals surface area contributed by atoms with Gasteiger partial charge >= 0.3 is 5.97 Å². The zero-order chi connectivity index (χ0) is 14.4. The number of rotatable bonds is 5. The number of carbonyl (C=O) groups excluding carboxylic acids is 1. The predicted molar refractivity (Wildman–Crippen MR) is 81.6 cm³/mol. The lowest BCUT2D eigenvalue weighted by molar-refractivity contribution is -0.155. The molecule has 1 aliphatic carbocycles. The Balaban J connectivity index is 1.78. The summed E-state index contributed by atoms with van der Waals surface area (Å²) in [5, 5.41) is 0. The summed E-state index contributed by atoms with van der Waals surface area (Å²) < 4.78 is 5.83. The molecule has 1 heterocycles. The van der Waals surface area contributed by atoms with E-state index >= 15 is 0 Å². The van der Waals surface area contributed by atoms with E-state index in [1.165, 1.54) is 44.9 Å². The Kier molecular flexibility index (Phi) is 6.34. The molecule has 3 heteroatoms. The van der Waals surface area contributed by atoms with E-state index in [-0.39, 0.29) is 12.1 Å². The van der Waals surface area contributed by atoms with Gasteiger partial charge < -0.3 is 4.74 Å². The van der Waals surface area contributed by atoms with Crippen molar-refractivity contribution in [1.82, 2.24) is 4.90 Å². The molecule has 20 heavy (non-hydrogen) atoms. The number of ether oxygens (including phenoxy) is 1. The van der Waals surface area contributed by atoms with E-state index in [1.807, 2.05) is 0 Å². The fourth-order valence-electron chi connectivity index (χ4n) is 3.71. The third-order valence-corrected chi connectivity index (χ3v) is 4.70. The van der Waals surface area contributed by atoms with Crippen LogP contribution in [0.2, 0.25) is 0 Å². The molecule has 0 spiro atoms. The molecule has 0 bridgehead atoms. The van der Waals surface area contributed by atoms with E-state index < -0.39 is 0 Å². The first-order chi connectivity index (χ1) is 9.65. The van der Waals surface area contributed by atoms with Gasteiger partial charge in [0.25, 0.3) is 0 Å². The van der Waals surface area contributed by atoms with E-state index in [4.69, 9.17) is 4.74 Å². The highest BCUT2D eigenvalue weighted by Crippen LogP contribution is 2.31. The van der Waals surface area contributed by atoms with Crippen molar-refractivity contribution in [2.75, 3.05) is 19.6 Å². The van der Waals surface area contributed by atoms with Crippen molar-refractivity contribution in [3.8, 4) is 0 Å². The zero-order valence-electron chi connectivity index (χ0n) is 13.3. The molecule has 2 atom stereocenters. The lowest BCUT2D eigenvalue weighted by Gasteiger charge is -2.33. The molecule has 0 aromatic heterocycles. The second-order valence-corrected chi connectivity index (χ2v) is 7.04. The van der Waals surface area contributed by atoms with Crippen LogP contribution in [0, 0.1) is 11.8 Å². The average molecular weight is 281 g/mol. The van der Waals surface area contributed by atoms with Crippen LogP contribution in [-0.4, -0.2) is 36.6 Å². The van der Waals surface area contributed by atoms with E-state index in [9.17, 15) is 4.79 Å². The standard InChI is InChI=1S/C17H31NO2/c1-14(2)12-15-8-4-5-9-16(15)20-17(19)13-18-10-6-3-7-11-18/h14-16H,3-13H2,1-2H3/t15-,16-/m1/s1. The highest BCUT2D eigenvalue weighted by Gasteiger charge is 2.29. The number of likely N-dealkylation sites (tertiary alicyclic amines) is 1. The van der Waals surface area contributed by atoms with Crippen molar-refractivity contribution in [2.24, 2.45) is 11.8 Å². The van der Waals surface area contributed by atoms with Gasteiger partial charge in [0.2, 0.25) is 0 Å². The Morgan fingerprint density at radius 2 is 1.80 bits per heavy atom. The summed E-state index contributed by atoms with van der Waals surface area (Å²) in [5.74, 6) is 1.29. The molecule has 2 rings (SSSR count). The Hall–Kier alpha value is -0.570.